The van der Waals surface area contributed by atoms with E-state index in [9.17, 15) is 9.59 Å². The Kier molecular flexibility index (Phi) is 6.24. The zero-order chi connectivity index (χ0) is 13.4. The molecular weight excluding hydrogens is 254 g/mol. The SMILES string of the molecule is O=C(O)CSCC(=O)NCc1ccc(CO)cc1. The molecule has 1 aromatic rings. The van der Waals surface area contributed by atoms with E-state index in [4.69, 9.17) is 10.2 Å². The van der Waals surface area contributed by atoms with Crippen molar-refractivity contribution in [2.24, 2.45) is 0 Å². The molecule has 1 rings (SSSR count). The lowest BCUT2D eigenvalue weighted by molar-refractivity contribution is -0.133. The molecule has 0 bridgehead atoms. The zero-order valence-electron chi connectivity index (χ0n) is 9.76. The second kappa shape index (κ2) is 7.73. The highest BCUT2D eigenvalue weighted by molar-refractivity contribution is 8.00. The van der Waals surface area contributed by atoms with E-state index >= 15 is 0 Å². The first kappa shape index (κ1) is 14.5. The van der Waals surface area contributed by atoms with Crippen molar-refractivity contribution in [3.63, 3.8) is 0 Å². The number of amides is 1. The quantitative estimate of drug-likeness (QED) is 0.675. The summed E-state index contributed by atoms with van der Waals surface area (Å²) in [4.78, 5) is 21.6. The topological polar surface area (TPSA) is 86.6 Å². The van der Waals surface area contributed by atoms with Crippen LogP contribution in [0.4, 0.5) is 0 Å². The third-order valence-electron chi connectivity index (χ3n) is 2.15. The highest BCUT2D eigenvalue weighted by Crippen LogP contribution is 2.04. The monoisotopic (exact) mass is 269 g/mol. The van der Waals surface area contributed by atoms with Crippen LogP contribution in [0.2, 0.25) is 0 Å². The molecule has 0 saturated heterocycles. The lowest BCUT2D eigenvalue weighted by Gasteiger charge is -2.05. The second-order valence-corrected chi connectivity index (χ2v) is 4.62. The molecule has 5 nitrogen and oxygen atoms in total. The molecule has 0 atom stereocenters. The maximum Gasteiger partial charge on any atom is 0.313 e. The number of carboxylic acids is 1. The Morgan fingerprint density at radius 1 is 1.11 bits per heavy atom. The minimum atomic E-state index is -0.924. The fraction of sp³-hybridized carbons (Fsp3) is 0.333. The van der Waals surface area contributed by atoms with Crippen molar-refractivity contribution >= 4 is 23.6 Å². The number of aliphatic carboxylic acids is 1. The van der Waals surface area contributed by atoms with Gasteiger partial charge < -0.3 is 15.5 Å². The van der Waals surface area contributed by atoms with E-state index in [-0.39, 0.29) is 24.0 Å². The van der Waals surface area contributed by atoms with Gasteiger partial charge in [0.15, 0.2) is 0 Å². The Labute approximate surface area is 109 Å². The number of hydrogen-bond donors (Lipinski definition) is 3. The number of carbonyl (C=O) groups excluding carboxylic acids is 1. The maximum atomic E-state index is 11.4. The summed E-state index contributed by atoms with van der Waals surface area (Å²) in [6.45, 7) is 0.399. The number of benzene rings is 1. The van der Waals surface area contributed by atoms with Gasteiger partial charge in [-0.25, -0.2) is 0 Å². The Morgan fingerprint density at radius 2 is 1.72 bits per heavy atom. The first-order chi connectivity index (χ1) is 8.61. The third-order valence-corrected chi connectivity index (χ3v) is 3.07. The molecule has 18 heavy (non-hydrogen) atoms. The van der Waals surface area contributed by atoms with Crippen LogP contribution in [0, 0.1) is 0 Å². The number of carboxylic acid groups (broad SMARTS) is 1. The van der Waals surface area contributed by atoms with E-state index in [1.807, 2.05) is 12.1 Å². The summed E-state index contributed by atoms with van der Waals surface area (Å²) in [5, 5.41) is 20.0. The Morgan fingerprint density at radius 3 is 2.28 bits per heavy atom. The Balaban J connectivity index is 2.26. The first-order valence-corrected chi connectivity index (χ1v) is 6.52. The highest BCUT2D eigenvalue weighted by atomic mass is 32.2. The third kappa shape index (κ3) is 5.70. The molecular formula is C12H15NO4S. The van der Waals surface area contributed by atoms with Crippen LogP contribution in [0.25, 0.3) is 0 Å². The van der Waals surface area contributed by atoms with Crippen molar-refractivity contribution < 1.29 is 19.8 Å². The van der Waals surface area contributed by atoms with Gasteiger partial charge >= 0.3 is 5.97 Å². The normalized spacial score (nSPS) is 10.1. The van der Waals surface area contributed by atoms with Gasteiger partial charge in [0.05, 0.1) is 18.1 Å². The van der Waals surface area contributed by atoms with E-state index in [0.29, 0.717) is 6.54 Å². The minimum absolute atomic E-state index is 0.00152. The van der Waals surface area contributed by atoms with Crippen LogP contribution < -0.4 is 5.32 Å². The Hall–Kier alpha value is -1.53. The van der Waals surface area contributed by atoms with Gasteiger partial charge in [0.2, 0.25) is 5.91 Å². The molecule has 0 spiro atoms. The molecule has 0 aliphatic carbocycles. The minimum Gasteiger partial charge on any atom is -0.481 e. The summed E-state index contributed by atoms with van der Waals surface area (Å²) in [5.74, 6) is -1.04. The zero-order valence-corrected chi connectivity index (χ0v) is 10.6. The fourth-order valence-electron chi connectivity index (χ4n) is 1.25. The molecule has 3 N–H and O–H groups in total. The number of rotatable bonds is 7. The van der Waals surface area contributed by atoms with Crippen molar-refractivity contribution in [1.29, 1.82) is 0 Å². The lowest BCUT2D eigenvalue weighted by atomic mass is 10.1. The molecule has 0 heterocycles. The van der Waals surface area contributed by atoms with Crippen LogP contribution in [0.3, 0.4) is 0 Å². The van der Waals surface area contributed by atoms with Gasteiger partial charge in [-0.2, -0.15) is 0 Å². The predicted octanol–water partition coefficient (Wildman–Crippen LogP) is 0.613. The summed E-state index contributed by atoms with van der Waals surface area (Å²) in [6.07, 6.45) is 0. The summed E-state index contributed by atoms with van der Waals surface area (Å²) >= 11 is 1.07. The van der Waals surface area contributed by atoms with Gasteiger partial charge in [-0.15, -0.1) is 11.8 Å². The number of hydrogen-bond acceptors (Lipinski definition) is 4. The number of thioether (sulfide) groups is 1. The van der Waals surface area contributed by atoms with Gasteiger partial charge in [-0.3, -0.25) is 9.59 Å². The first-order valence-electron chi connectivity index (χ1n) is 5.36. The van der Waals surface area contributed by atoms with Gasteiger partial charge in [-0.1, -0.05) is 24.3 Å². The Bertz CT molecular complexity index is 405. The molecule has 0 radical (unpaired) electrons. The molecule has 0 unspecified atom stereocenters. The smallest absolute Gasteiger partial charge is 0.313 e. The average Bonchev–Trinajstić information content (AvgIpc) is 2.36. The fourth-order valence-corrected chi connectivity index (χ4v) is 1.81. The number of nitrogens with one attached hydrogen (secondary N) is 1. The summed E-state index contributed by atoms with van der Waals surface area (Å²) < 4.78 is 0. The second-order valence-electron chi connectivity index (χ2n) is 3.64. The molecule has 0 aliphatic rings. The van der Waals surface area contributed by atoms with Crippen LogP contribution in [-0.4, -0.2) is 33.6 Å². The van der Waals surface area contributed by atoms with Crippen molar-refractivity contribution in [3.8, 4) is 0 Å². The molecule has 6 heteroatoms. The van der Waals surface area contributed by atoms with Crippen LogP contribution in [0.1, 0.15) is 11.1 Å². The molecule has 0 fully saturated rings. The summed E-state index contributed by atoms with van der Waals surface area (Å²) in [6, 6.07) is 7.24. The van der Waals surface area contributed by atoms with E-state index < -0.39 is 5.97 Å². The number of carbonyl (C=O) groups is 2. The molecule has 0 aliphatic heterocycles. The molecule has 98 valence electrons. The van der Waals surface area contributed by atoms with E-state index in [1.54, 1.807) is 12.1 Å². The van der Waals surface area contributed by atoms with Gasteiger partial charge in [0, 0.05) is 6.54 Å². The van der Waals surface area contributed by atoms with Crippen molar-refractivity contribution in [1.82, 2.24) is 5.32 Å². The van der Waals surface area contributed by atoms with Gasteiger partial charge in [-0.05, 0) is 11.1 Å². The number of aliphatic hydroxyl groups is 1. The molecule has 1 amide bonds. The molecule has 0 aromatic heterocycles. The molecule has 1 aromatic carbocycles. The number of aliphatic hydroxyl groups excluding tert-OH is 1. The van der Waals surface area contributed by atoms with Crippen LogP contribution >= 0.6 is 11.8 Å². The largest absolute Gasteiger partial charge is 0.481 e. The van der Waals surface area contributed by atoms with E-state index in [0.717, 1.165) is 22.9 Å². The summed E-state index contributed by atoms with van der Waals surface area (Å²) in [5.41, 5.74) is 1.76. The van der Waals surface area contributed by atoms with Crippen LogP contribution in [0.15, 0.2) is 24.3 Å². The van der Waals surface area contributed by atoms with Crippen molar-refractivity contribution in [2.75, 3.05) is 11.5 Å². The van der Waals surface area contributed by atoms with Crippen molar-refractivity contribution in [2.45, 2.75) is 13.2 Å². The van der Waals surface area contributed by atoms with Gasteiger partial charge in [0.25, 0.3) is 0 Å². The van der Waals surface area contributed by atoms with E-state index in [1.165, 1.54) is 0 Å². The van der Waals surface area contributed by atoms with E-state index in [2.05, 4.69) is 5.32 Å². The maximum absolute atomic E-state index is 11.4. The average molecular weight is 269 g/mol. The van der Waals surface area contributed by atoms with Crippen molar-refractivity contribution in [3.05, 3.63) is 35.4 Å². The van der Waals surface area contributed by atoms with Crippen LogP contribution in [0.5, 0.6) is 0 Å². The molecule has 0 saturated carbocycles. The predicted molar refractivity (Wildman–Crippen MR) is 69.2 cm³/mol. The van der Waals surface area contributed by atoms with Crippen LogP contribution in [-0.2, 0) is 22.7 Å². The summed E-state index contributed by atoms with van der Waals surface area (Å²) in [7, 11) is 0. The highest BCUT2D eigenvalue weighted by Gasteiger charge is 2.04. The lowest BCUT2D eigenvalue weighted by Crippen LogP contribution is -2.25. The standard InChI is InChI=1S/C12H15NO4S/c14-6-10-3-1-9(2-4-10)5-13-11(15)7-18-8-12(16)17/h1-4,14H,5-8H2,(H,13,15)(H,16,17). The van der Waals surface area contributed by atoms with Gasteiger partial charge in [0.1, 0.15) is 0 Å².